The third kappa shape index (κ3) is 5.00. The summed E-state index contributed by atoms with van der Waals surface area (Å²) in [7, 11) is 0. The van der Waals surface area contributed by atoms with Crippen molar-refractivity contribution in [3.8, 4) is 11.5 Å². The van der Waals surface area contributed by atoms with Crippen LogP contribution in [0.1, 0.15) is 17.3 Å². The lowest BCUT2D eigenvalue weighted by Crippen LogP contribution is -2.39. The predicted octanol–water partition coefficient (Wildman–Crippen LogP) is 2.81. The zero-order valence-corrected chi connectivity index (χ0v) is 13.2. The summed E-state index contributed by atoms with van der Waals surface area (Å²) in [5.41, 5.74) is 0.435. The Hall–Kier alpha value is -2.53. The van der Waals surface area contributed by atoms with Crippen molar-refractivity contribution in [2.45, 2.75) is 13.0 Å². The Labute approximate surface area is 138 Å². The van der Waals surface area contributed by atoms with Gasteiger partial charge >= 0.3 is 0 Å². The van der Waals surface area contributed by atoms with Crippen LogP contribution in [0.4, 0.5) is 0 Å². The SMILES string of the molecule is CC(Oc1ccc(O)cc1)C(=O)NCC(=O)c1cccc(Cl)c1. The van der Waals surface area contributed by atoms with E-state index in [1.54, 1.807) is 43.3 Å². The molecule has 1 amide bonds. The van der Waals surface area contributed by atoms with Crippen LogP contribution in [-0.4, -0.2) is 29.4 Å². The van der Waals surface area contributed by atoms with Gasteiger partial charge in [-0.05, 0) is 43.3 Å². The molecular formula is C17H16ClNO4. The standard InChI is InChI=1S/C17H16ClNO4/c1-11(23-15-7-5-14(20)6-8-15)17(22)19-10-16(21)12-3-2-4-13(18)9-12/h2-9,11,20H,10H2,1H3,(H,19,22). The average Bonchev–Trinajstić information content (AvgIpc) is 2.54. The van der Waals surface area contributed by atoms with Gasteiger partial charge in [-0.15, -0.1) is 0 Å². The van der Waals surface area contributed by atoms with E-state index in [4.69, 9.17) is 16.3 Å². The number of amides is 1. The van der Waals surface area contributed by atoms with Crippen LogP contribution in [0.2, 0.25) is 5.02 Å². The fourth-order valence-corrected chi connectivity index (χ4v) is 2.05. The molecule has 2 aromatic carbocycles. The lowest BCUT2D eigenvalue weighted by Gasteiger charge is -2.14. The smallest absolute Gasteiger partial charge is 0.261 e. The lowest BCUT2D eigenvalue weighted by molar-refractivity contribution is -0.127. The van der Waals surface area contributed by atoms with Crippen molar-refractivity contribution in [3.63, 3.8) is 0 Å². The Morgan fingerprint density at radius 1 is 1.22 bits per heavy atom. The fourth-order valence-electron chi connectivity index (χ4n) is 1.86. The van der Waals surface area contributed by atoms with E-state index >= 15 is 0 Å². The number of rotatable bonds is 6. The second-order valence-corrected chi connectivity index (χ2v) is 5.34. The van der Waals surface area contributed by atoms with Gasteiger partial charge in [-0.2, -0.15) is 0 Å². The van der Waals surface area contributed by atoms with Gasteiger partial charge in [0.05, 0.1) is 6.54 Å². The van der Waals surface area contributed by atoms with E-state index < -0.39 is 12.0 Å². The highest BCUT2D eigenvalue weighted by Crippen LogP contribution is 2.17. The number of Topliss-reactive ketones (excluding diaryl/α,β-unsaturated/α-hetero) is 1. The molecule has 23 heavy (non-hydrogen) atoms. The molecule has 0 saturated carbocycles. The van der Waals surface area contributed by atoms with Crippen LogP contribution in [0.25, 0.3) is 0 Å². The van der Waals surface area contributed by atoms with E-state index in [9.17, 15) is 14.7 Å². The number of phenols is 1. The van der Waals surface area contributed by atoms with E-state index in [0.29, 0.717) is 16.3 Å². The first kappa shape index (κ1) is 16.8. The zero-order chi connectivity index (χ0) is 16.8. The number of hydrogen-bond donors (Lipinski definition) is 2. The van der Waals surface area contributed by atoms with Crippen molar-refractivity contribution in [1.82, 2.24) is 5.32 Å². The number of aromatic hydroxyl groups is 1. The molecule has 0 saturated heterocycles. The molecule has 0 radical (unpaired) electrons. The maximum atomic E-state index is 12.0. The maximum Gasteiger partial charge on any atom is 0.261 e. The Bertz CT molecular complexity index is 700. The van der Waals surface area contributed by atoms with Gasteiger partial charge in [-0.25, -0.2) is 0 Å². The van der Waals surface area contributed by atoms with Crippen LogP contribution in [0.15, 0.2) is 48.5 Å². The Balaban J connectivity index is 1.86. The molecule has 0 aliphatic heterocycles. The maximum absolute atomic E-state index is 12.0. The van der Waals surface area contributed by atoms with Gasteiger partial charge in [-0.3, -0.25) is 9.59 Å². The molecule has 6 heteroatoms. The Kier molecular flexibility index (Phi) is 5.60. The molecule has 0 aliphatic rings. The number of ketones is 1. The van der Waals surface area contributed by atoms with Gasteiger partial charge in [-0.1, -0.05) is 23.7 Å². The van der Waals surface area contributed by atoms with Crippen molar-refractivity contribution in [3.05, 3.63) is 59.1 Å². The second kappa shape index (κ2) is 7.65. The van der Waals surface area contributed by atoms with Crippen LogP contribution in [0.3, 0.4) is 0 Å². The molecule has 1 atom stereocenters. The highest BCUT2D eigenvalue weighted by atomic mass is 35.5. The summed E-state index contributed by atoms with van der Waals surface area (Å²) < 4.78 is 5.43. The van der Waals surface area contributed by atoms with E-state index in [1.165, 1.54) is 12.1 Å². The van der Waals surface area contributed by atoms with Gasteiger partial charge in [0.2, 0.25) is 0 Å². The molecule has 0 spiro atoms. The van der Waals surface area contributed by atoms with Gasteiger partial charge < -0.3 is 15.2 Å². The summed E-state index contributed by atoms with van der Waals surface area (Å²) in [5, 5.41) is 12.2. The molecule has 0 bridgehead atoms. The normalized spacial score (nSPS) is 11.6. The second-order valence-electron chi connectivity index (χ2n) is 4.91. The molecule has 0 aromatic heterocycles. The van der Waals surface area contributed by atoms with E-state index in [0.717, 1.165) is 0 Å². The summed E-state index contributed by atoms with van der Waals surface area (Å²) in [6, 6.07) is 12.6. The molecular weight excluding hydrogens is 318 g/mol. The molecule has 5 nitrogen and oxygen atoms in total. The number of benzene rings is 2. The summed E-state index contributed by atoms with van der Waals surface area (Å²) in [6.07, 6.45) is -0.772. The summed E-state index contributed by atoms with van der Waals surface area (Å²) in [6.45, 7) is 1.44. The first-order chi connectivity index (χ1) is 11.0. The first-order valence-corrected chi connectivity index (χ1v) is 7.35. The molecule has 120 valence electrons. The van der Waals surface area contributed by atoms with Crippen LogP contribution in [0.5, 0.6) is 11.5 Å². The summed E-state index contributed by atoms with van der Waals surface area (Å²) in [4.78, 5) is 23.9. The van der Waals surface area contributed by atoms with Crippen molar-refractivity contribution in [2.24, 2.45) is 0 Å². The summed E-state index contributed by atoms with van der Waals surface area (Å²) >= 11 is 5.83. The van der Waals surface area contributed by atoms with Crippen molar-refractivity contribution in [1.29, 1.82) is 0 Å². The number of hydrogen-bond acceptors (Lipinski definition) is 4. The predicted molar refractivity (Wildman–Crippen MR) is 87.0 cm³/mol. The Morgan fingerprint density at radius 2 is 1.91 bits per heavy atom. The average molecular weight is 334 g/mol. The first-order valence-electron chi connectivity index (χ1n) is 6.98. The number of ether oxygens (including phenoxy) is 1. The number of halogens is 1. The largest absolute Gasteiger partial charge is 0.508 e. The number of carbonyl (C=O) groups excluding carboxylic acids is 2. The third-order valence-electron chi connectivity index (χ3n) is 3.09. The van der Waals surface area contributed by atoms with E-state index in [1.807, 2.05) is 0 Å². The molecule has 0 fully saturated rings. The van der Waals surface area contributed by atoms with Gasteiger partial charge in [0.25, 0.3) is 5.91 Å². The minimum absolute atomic E-state index is 0.113. The van der Waals surface area contributed by atoms with Crippen molar-refractivity contribution < 1.29 is 19.4 Å². The molecule has 2 N–H and O–H groups in total. The molecule has 2 rings (SSSR count). The van der Waals surface area contributed by atoms with Crippen LogP contribution in [0, 0.1) is 0 Å². The van der Waals surface area contributed by atoms with Crippen LogP contribution >= 0.6 is 11.6 Å². The molecule has 0 aliphatic carbocycles. The van der Waals surface area contributed by atoms with E-state index in [2.05, 4.69) is 5.32 Å². The number of nitrogens with one attached hydrogen (secondary N) is 1. The van der Waals surface area contributed by atoms with Crippen molar-refractivity contribution >= 4 is 23.3 Å². The van der Waals surface area contributed by atoms with Gasteiger partial charge in [0.1, 0.15) is 11.5 Å². The summed E-state index contributed by atoms with van der Waals surface area (Å²) in [5.74, 6) is -0.0840. The Morgan fingerprint density at radius 3 is 2.57 bits per heavy atom. The van der Waals surface area contributed by atoms with Gasteiger partial charge in [0.15, 0.2) is 11.9 Å². The molecule has 2 aromatic rings. The molecule has 1 unspecified atom stereocenters. The fraction of sp³-hybridized carbons (Fsp3) is 0.176. The van der Waals surface area contributed by atoms with E-state index in [-0.39, 0.29) is 18.1 Å². The van der Waals surface area contributed by atoms with Gasteiger partial charge in [0, 0.05) is 10.6 Å². The highest BCUT2D eigenvalue weighted by Gasteiger charge is 2.16. The quantitative estimate of drug-likeness (QED) is 0.797. The molecule has 0 heterocycles. The minimum atomic E-state index is -0.772. The van der Waals surface area contributed by atoms with Crippen LogP contribution in [-0.2, 0) is 4.79 Å². The van der Waals surface area contributed by atoms with Crippen LogP contribution < -0.4 is 10.1 Å². The number of carbonyl (C=O) groups is 2. The lowest BCUT2D eigenvalue weighted by atomic mass is 10.1. The minimum Gasteiger partial charge on any atom is -0.508 e. The topological polar surface area (TPSA) is 75.6 Å². The zero-order valence-electron chi connectivity index (χ0n) is 12.5. The number of phenolic OH excluding ortho intramolecular Hbond substituents is 1. The monoisotopic (exact) mass is 333 g/mol. The van der Waals surface area contributed by atoms with Crippen molar-refractivity contribution in [2.75, 3.05) is 6.54 Å². The highest BCUT2D eigenvalue weighted by molar-refractivity contribution is 6.31. The third-order valence-corrected chi connectivity index (χ3v) is 3.32.